The molecule has 9 nitrogen and oxygen atoms in total. The van der Waals surface area contributed by atoms with Crippen LogP contribution in [-0.2, 0) is 4.74 Å². The van der Waals surface area contributed by atoms with Crippen LogP contribution in [0, 0.1) is 0 Å². The highest BCUT2D eigenvalue weighted by atomic mass is 32.2. The monoisotopic (exact) mass is 316 g/mol. The molecule has 0 saturated carbocycles. The molecule has 2 aromatic rings. The van der Waals surface area contributed by atoms with Gasteiger partial charge in [0, 0.05) is 0 Å². The number of aliphatic hydroxyl groups excluding tert-OH is 4. The lowest BCUT2D eigenvalue weighted by Crippen LogP contribution is -2.33. The Morgan fingerprint density at radius 1 is 1.33 bits per heavy atom. The third-order valence-electron chi connectivity index (χ3n) is 2.85. The second kappa shape index (κ2) is 7.11. The molecule has 0 spiro atoms. The Morgan fingerprint density at radius 3 is 2.57 bits per heavy atom. The molecule has 1 aliphatic rings. The molecule has 0 aliphatic carbocycles. The second-order valence-electron chi connectivity index (χ2n) is 4.23. The number of hydrogen-bond donors (Lipinski definition) is 5. The number of thioether (sulfide) groups is 1. The van der Waals surface area contributed by atoms with Crippen LogP contribution in [0.15, 0.2) is 17.7 Å². The first-order chi connectivity index (χ1) is 10.1. The number of fused-ring (bicyclic) bond motifs is 1. The molecule has 0 radical (unpaired) electrons. The van der Waals surface area contributed by atoms with Gasteiger partial charge in [-0.2, -0.15) is 0 Å². The van der Waals surface area contributed by atoms with Crippen LogP contribution in [0.2, 0.25) is 0 Å². The maximum atomic E-state index is 8.93. The molecule has 1 aliphatic heterocycles. The molecule has 0 aromatic carbocycles. The average Bonchev–Trinajstić information content (AvgIpc) is 3.04. The van der Waals surface area contributed by atoms with Crippen molar-refractivity contribution in [2.24, 2.45) is 0 Å². The number of nitrogens with one attached hydrogen (secondary N) is 1. The summed E-state index contributed by atoms with van der Waals surface area (Å²) >= 11 is 1.56. The van der Waals surface area contributed by atoms with Gasteiger partial charge in [0.15, 0.2) is 17.1 Å². The van der Waals surface area contributed by atoms with Crippen molar-refractivity contribution < 1.29 is 25.2 Å². The summed E-state index contributed by atoms with van der Waals surface area (Å²) in [5, 5.41) is 35.8. The Hall–Kier alpha value is -1.30. The summed E-state index contributed by atoms with van der Waals surface area (Å²) in [5.41, 5.74) is 1.61. The fraction of sp³-hybridized carbons (Fsp3) is 0.545. The Morgan fingerprint density at radius 2 is 2.10 bits per heavy atom. The third-order valence-corrected chi connectivity index (χ3v) is 3.43. The first kappa shape index (κ1) is 16.1. The smallest absolute Gasteiger partial charge is 0.184 e. The van der Waals surface area contributed by atoms with E-state index in [0.717, 1.165) is 16.3 Å². The topological polar surface area (TPSA) is 145 Å². The molecule has 3 rings (SSSR count). The van der Waals surface area contributed by atoms with Crippen LogP contribution in [0.5, 0.6) is 0 Å². The number of H-pyrrole nitrogens is 1. The van der Waals surface area contributed by atoms with Gasteiger partial charge in [0.25, 0.3) is 0 Å². The van der Waals surface area contributed by atoms with Crippen molar-refractivity contribution in [3.8, 4) is 0 Å². The minimum absolute atomic E-state index is 0.407. The highest BCUT2D eigenvalue weighted by Gasteiger charge is 2.41. The predicted octanol–water partition coefficient (Wildman–Crippen LogP) is -1.51. The van der Waals surface area contributed by atoms with Gasteiger partial charge in [0.2, 0.25) is 0 Å². The van der Waals surface area contributed by atoms with Crippen LogP contribution in [0.1, 0.15) is 0 Å². The van der Waals surface area contributed by atoms with E-state index in [2.05, 4.69) is 24.7 Å². The molecule has 1 unspecified atom stereocenters. The molecule has 2 aromatic heterocycles. The van der Waals surface area contributed by atoms with Gasteiger partial charge in [-0.3, -0.25) is 0 Å². The Labute approximate surface area is 124 Å². The van der Waals surface area contributed by atoms with Crippen molar-refractivity contribution in [2.75, 3.05) is 12.9 Å². The normalized spacial score (nSPS) is 28.4. The molecular weight excluding hydrogens is 300 g/mol. The summed E-state index contributed by atoms with van der Waals surface area (Å²) in [4.78, 5) is 15.1. The van der Waals surface area contributed by atoms with Gasteiger partial charge in [-0.1, -0.05) is 11.8 Å². The highest BCUT2D eigenvalue weighted by molar-refractivity contribution is 7.98. The highest BCUT2D eigenvalue weighted by Crippen LogP contribution is 2.18. The number of aromatic nitrogens is 4. The Kier molecular flexibility index (Phi) is 5.45. The number of aromatic amines is 1. The van der Waals surface area contributed by atoms with Gasteiger partial charge < -0.3 is 30.1 Å². The quantitative estimate of drug-likeness (QED) is 0.418. The van der Waals surface area contributed by atoms with Crippen LogP contribution in [-0.4, -0.2) is 77.8 Å². The first-order valence-corrected chi connectivity index (χ1v) is 7.29. The standard InChI is InChI=1S/C6H6N4S.C5H10O5/c1-11-6-9-4-2-7-3-8-5(4)10-6;6-1-2-3(7)4(8)5(9)10-2/h2-3H,1H3,(H,7,8,9,10);2-9H,1H2/t;2-,3-,4-,5?/m.1/s1. The van der Waals surface area contributed by atoms with E-state index in [9.17, 15) is 0 Å². The molecule has 0 bridgehead atoms. The van der Waals surface area contributed by atoms with Gasteiger partial charge >= 0.3 is 0 Å². The van der Waals surface area contributed by atoms with E-state index in [-0.39, 0.29) is 0 Å². The maximum Gasteiger partial charge on any atom is 0.184 e. The van der Waals surface area contributed by atoms with E-state index in [0.29, 0.717) is 0 Å². The summed E-state index contributed by atoms with van der Waals surface area (Å²) in [6, 6.07) is 0. The van der Waals surface area contributed by atoms with Crippen molar-refractivity contribution in [3.63, 3.8) is 0 Å². The number of nitrogens with zero attached hydrogens (tertiary/aromatic N) is 3. The summed E-state index contributed by atoms with van der Waals surface area (Å²) in [5.74, 6) is 0. The van der Waals surface area contributed by atoms with Gasteiger partial charge in [0.05, 0.1) is 12.8 Å². The van der Waals surface area contributed by atoms with Crippen molar-refractivity contribution in [1.82, 2.24) is 19.9 Å². The number of imidazole rings is 1. The number of rotatable bonds is 2. The fourth-order valence-corrected chi connectivity index (χ4v) is 2.11. The average molecular weight is 316 g/mol. The van der Waals surface area contributed by atoms with E-state index in [1.807, 2.05) is 6.26 Å². The first-order valence-electron chi connectivity index (χ1n) is 6.07. The van der Waals surface area contributed by atoms with E-state index in [1.165, 1.54) is 6.33 Å². The lowest BCUT2D eigenvalue weighted by molar-refractivity contribution is -0.132. The van der Waals surface area contributed by atoms with Gasteiger partial charge in [-0.15, -0.1) is 0 Å². The maximum absolute atomic E-state index is 8.93. The van der Waals surface area contributed by atoms with Crippen molar-refractivity contribution in [1.29, 1.82) is 0 Å². The number of aliphatic hydroxyl groups is 4. The van der Waals surface area contributed by atoms with E-state index in [1.54, 1.807) is 18.0 Å². The second-order valence-corrected chi connectivity index (χ2v) is 5.03. The van der Waals surface area contributed by atoms with E-state index in [4.69, 9.17) is 20.4 Å². The molecule has 1 fully saturated rings. The van der Waals surface area contributed by atoms with Crippen LogP contribution < -0.4 is 0 Å². The zero-order valence-electron chi connectivity index (χ0n) is 11.1. The molecule has 5 N–H and O–H groups in total. The molecule has 3 heterocycles. The zero-order chi connectivity index (χ0) is 15.4. The van der Waals surface area contributed by atoms with Crippen LogP contribution in [0.3, 0.4) is 0 Å². The Bertz CT molecular complexity index is 549. The molecule has 4 atom stereocenters. The Balaban J connectivity index is 0.000000155. The van der Waals surface area contributed by atoms with E-state index >= 15 is 0 Å². The van der Waals surface area contributed by atoms with Gasteiger partial charge in [0.1, 0.15) is 30.2 Å². The lowest BCUT2D eigenvalue weighted by atomic mass is 10.1. The number of hydrogen-bond acceptors (Lipinski definition) is 9. The molecule has 10 heteroatoms. The van der Waals surface area contributed by atoms with Gasteiger partial charge in [-0.25, -0.2) is 15.0 Å². The van der Waals surface area contributed by atoms with Crippen molar-refractivity contribution in [2.45, 2.75) is 29.8 Å². The molecule has 1 saturated heterocycles. The van der Waals surface area contributed by atoms with Crippen LogP contribution >= 0.6 is 11.8 Å². The fourth-order valence-electron chi connectivity index (χ4n) is 1.72. The zero-order valence-corrected chi connectivity index (χ0v) is 11.9. The van der Waals surface area contributed by atoms with Crippen molar-refractivity contribution in [3.05, 3.63) is 12.5 Å². The number of ether oxygens (including phenoxy) is 1. The largest absolute Gasteiger partial charge is 0.394 e. The minimum atomic E-state index is -1.38. The predicted molar refractivity (Wildman–Crippen MR) is 73.4 cm³/mol. The van der Waals surface area contributed by atoms with Crippen molar-refractivity contribution >= 4 is 22.9 Å². The molecular formula is C11H16N4O5S. The summed E-state index contributed by atoms with van der Waals surface area (Å²) in [6.07, 6.45) is 0.419. The minimum Gasteiger partial charge on any atom is -0.394 e. The van der Waals surface area contributed by atoms with Gasteiger partial charge in [-0.05, 0) is 6.26 Å². The van der Waals surface area contributed by atoms with Crippen LogP contribution in [0.25, 0.3) is 11.2 Å². The molecule has 0 amide bonds. The molecule has 21 heavy (non-hydrogen) atoms. The summed E-state index contributed by atoms with van der Waals surface area (Å²) in [7, 11) is 0. The SMILES string of the molecule is CSc1nc2ncncc2[nH]1.OC[C@H]1OC(O)[C@H](O)[C@@H]1O. The summed E-state index contributed by atoms with van der Waals surface area (Å²) < 4.78 is 4.54. The third kappa shape index (κ3) is 3.67. The van der Waals surface area contributed by atoms with Crippen LogP contribution in [0.4, 0.5) is 0 Å². The summed E-state index contributed by atoms with van der Waals surface area (Å²) in [6.45, 7) is -0.407. The van der Waals surface area contributed by atoms with E-state index < -0.39 is 31.2 Å². The molecule has 116 valence electrons. The lowest BCUT2D eigenvalue weighted by Gasteiger charge is -2.09.